The zero-order chi connectivity index (χ0) is 17.2. The van der Waals surface area contributed by atoms with Crippen LogP contribution in [0.1, 0.15) is 44.3 Å². The van der Waals surface area contributed by atoms with Gasteiger partial charge in [0.15, 0.2) is 11.0 Å². The van der Waals surface area contributed by atoms with E-state index < -0.39 is 0 Å². The number of piperidine rings is 1. The van der Waals surface area contributed by atoms with E-state index in [2.05, 4.69) is 27.1 Å². The Bertz CT molecular complexity index is 854. The minimum absolute atomic E-state index is 0. The number of nitrogens with zero attached hydrogens (tertiary/aromatic N) is 5. The van der Waals surface area contributed by atoms with E-state index in [0.29, 0.717) is 17.1 Å². The van der Waals surface area contributed by atoms with Crippen molar-refractivity contribution in [1.29, 1.82) is 0 Å². The van der Waals surface area contributed by atoms with E-state index in [1.165, 1.54) is 19.4 Å². The van der Waals surface area contributed by atoms with Crippen LogP contribution in [0.25, 0.3) is 16.9 Å². The Morgan fingerprint density at radius 3 is 2.77 bits per heavy atom. The van der Waals surface area contributed by atoms with Gasteiger partial charge in [-0.1, -0.05) is 42.2 Å². The summed E-state index contributed by atoms with van der Waals surface area (Å²) in [6.45, 7) is 5.63. The summed E-state index contributed by atoms with van der Waals surface area (Å²) in [5, 5.41) is 9.88. The quantitative estimate of drug-likeness (QED) is 0.637. The van der Waals surface area contributed by atoms with Gasteiger partial charge in [0.2, 0.25) is 0 Å². The molecule has 0 spiro atoms. The Morgan fingerprint density at radius 2 is 2.00 bits per heavy atom. The third kappa shape index (κ3) is 3.72. The van der Waals surface area contributed by atoms with E-state index in [4.69, 9.17) is 16.1 Å². The predicted molar refractivity (Wildman–Crippen MR) is 105 cm³/mol. The normalized spacial score (nSPS) is 16.1. The van der Waals surface area contributed by atoms with Crippen LogP contribution >= 0.6 is 24.0 Å². The van der Waals surface area contributed by atoms with E-state index in [1.807, 2.05) is 24.3 Å². The molecule has 6 nitrogen and oxygen atoms in total. The first-order valence-electron chi connectivity index (χ1n) is 8.96. The standard InChI is InChI=1S/C18H22ClN5O.ClH/c1-2-3-10-23-11-8-13(9-12-23)17-20-18(25-22-17)24-15-7-5-4-6-14(15)16(19)21-24;/h4-7,13H,2-3,8-12H2,1H3;1H. The minimum Gasteiger partial charge on any atom is -0.313 e. The van der Waals surface area contributed by atoms with Gasteiger partial charge >= 0.3 is 6.01 Å². The Hall–Kier alpha value is -1.63. The van der Waals surface area contributed by atoms with Crippen molar-refractivity contribution in [2.45, 2.75) is 38.5 Å². The van der Waals surface area contributed by atoms with Gasteiger partial charge in [0.25, 0.3) is 0 Å². The maximum atomic E-state index is 6.21. The molecule has 0 radical (unpaired) electrons. The smallest absolute Gasteiger partial charge is 0.313 e. The second-order valence-corrected chi connectivity index (χ2v) is 6.98. The summed E-state index contributed by atoms with van der Waals surface area (Å²) < 4.78 is 7.11. The SMILES string of the molecule is CCCCN1CCC(c2noc(-n3nc(Cl)c4ccccc43)n2)CC1.Cl. The first-order valence-corrected chi connectivity index (χ1v) is 9.33. The summed E-state index contributed by atoms with van der Waals surface area (Å²) >= 11 is 6.21. The van der Waals surface area contributed by atoms with Crippen molar-refractivity contribution in [2.75, 3.05) is 19.6 Å². The fourth-order valence-electron chi connectivity index (χ4n) is 3.45. The first-order chi connectivity index (χ1) is 12.3. The van der Waals surface area contributed by atoms with Crippen molar-refractivity contribution in [3.05, 3.63) is 35.2 Å². The number of hydrogen-bond acceptors (Lipinski definition) is 5. The van der Waals surface area contributed by atoms with Crippen molar-refractivity contribution < 1.29 is 4.52 Å². The van der Waals surface area contributed by atoms with Gasteiger partial charge in [-0.2, -0.15) is 14.8 Å². The lowest BCUT2D eigenvalue weighted by Crippen LogP contribution is -2.33. The molecule has 0 atom stereocenters. The van der Waals surface area contributed by atoms with Crippen LogP contribution in [0.4, 0.5) is 0 Å². The van der Waals surface area contributed by atoms with Crippen LogP contribution in [0.3, 0.4) is 0 Å². The number of fused-ring (bicyclic) bond motifs is 1. The zero-order valence-corrected chi connectivity index (χ0v) is 16.3. The fourth-order valence-corrected chi connectivity index (χ4v) is 3.68. The highest BCUT2D eigenvalue weighted by atomic mass is 35.5. The van der Waals surface area contributed by atoms with E-state index in [1.54, 1.807) is 4.68 Å². The van der Waals surface area contributed by atoms with Crippen LogP contribution < -0.4 is 0 Å². The molecule has 3 aromatic rings. The molecular weight excluding hydrogens is 373 g/mol. The topological polar surface area (TPSA) is 60.0 Å². The number of unbranched alkanes of at least 4 members (excludes halogenated alkanes) is 1. The maximum Gasteiger partial charge on any atom is 0.349 e. The van der Waals surface area contributed by atoms with Crippen molar-refractivity contribution in [1.82, 2.24) is 24.8 Å². The van der Waals surface area contributed by atoms with Crippen molar-refractivity contribution in [3.8, 4) is 6.01 Å². The molecule has 0 N–H and O–H groups in total. The number of para-hydroxylation sites is 1. The molecule has 1 fully saturated rings. The molecule has 0 amide bonds. The van der Waals surface area contributed by atoms with E-state index in [-0.39, 0.29) is 12.4 Å². The average molecular weight is 396 g/mol. The molecule has 2 aromatic heterocycles. The molecule has 26 heavy (non-hydrogen) atoms. The lowest BCUT2D eigenvalue weighted by atomic mass is 9.96. The first kappa shape index (κ1) is 19.1. The molecule has 1 aromatic carbocycles. The molecular formula is C18H23Cl2N5O. The average Bonchev–Trinajstić information content (AvgIpc) is 3.26. The Morgan fingerprint density at radius 1 is 1.23 bits per heavy atom. The third-order valence-corrected chi connectivity index (χ3v) is 5.21. The second kappa shape index (κ2) is 8.37. The number of likely N-dealkylation sites (tertiary alicyclic amines) is 1. The molecule has 0 bridgehead atoms. The van der Waals surface area contributed by atoms with Gasteiger partial charge in [-0.05, 0) is 51.0 Å². The van der Waals surface area contributed by atoms with Gasteiger partial charge < -0.3 is 9.42 Å². The highest BCUT2D eigenvalue weighted by molar-refractivity contribution is 6.34. The van der Waals surface area contributed by atoms with Crippen LogP contribution in [0, 0.1) is 0 Å². The monoisotopic (exact) mass is 395 g/mol. The Balaban J connectivity index is 0.00000196. The summed E-state index contributed by atoms with van der Waals surface area (Å²) in [6.07, 6.45) is 4.66. The molecule has 8 heteroatoms. The maximum absolute atomic E-state index is 6.21. The molecule has 140 valence electrons. The molecule has 1 saturated heterocycles. The summed E-state index contributed by atoms with van der Waals surface area (Å²) in [4.78, 5) is 7.13. The molecule has 3 heterocycles. The van der Waals surface area contributed by atoms with Crippen LogP contribution in [0.5, 0.6) is 0 Å². The van der Waals surface area contributed by atoms with Crippen LogP contribution in [-0.2, 0) is 0 Å². The number of rotatable bonds is 5. The fraction of sp³-hybridized carbons (Fsp3) is 0.500. The molecule has 0 unspecified atom stereocenters. The number of halogens is 2. The van der Waals surface area contributed by atoms with Crippen molar-refractivity contribution >= 4 is 34.9 Å². The summed E-state index contributed by atoms with van der Waals surface area (Å²) in [5.41, 5.74) is 0.872. The predicted octanol–water partition coefficient (Wildman–Crippen LogP) is 4.46. The Kier molecular flexibility index (Phi) is 6.16. The van der Waals surface area contributed by atoms with E-state index in [9.17, 15) is 0 Å². The second-order valence-electron chi connectivity index (χ2n) is 6.62. The van der Waals surface area contributed by atoms with Gasteiger partial charge in [-0.3, -0.25) is 0 Å². The lowest BCUT2D eigenvalue weighted by molar-refractivity contribution is 0.205. The molecule has 0 saturated carbocycles. The van der Waals surface area contributed by atoms with E-state index in [0.717, 1.165) is 42.7 Å². The van der Waals surface area contributed by atoms with Gasteiger partial charge in [0.1, 0.15) is 0 Å². The number of benzene rings is 1. The van der Waals surface area contributed by atoms with Crippen LogP contribution in [-0.4, -0.2) is 44.5 Å². The summed E-state index contributed by atoms with van der Waals surface area (Å²) in [7, 11) is 0. The van der Waals surface area contributed by atoms with Gasteiger partial charge in [0, 0.05) is 11.3 Å². The summed E-state index contributed by atoms with van der Waals surface area (Å²) in [6, 6.07) is 8.15. The Labute approximate surface area is 163 Å². The van der Waals surface area contributed by atoms with Crippen LogP contribution in [0.2, 0.25) is 5.15 Å². The molecule has 1 aliphatic heterocycles. The number of aromatic nitrogens is 4. The highest BCUT2D eigenvalue weighted by Crippen LogP contribution is 2.28. The van der Waals surface area contributed by atoms with Crippen LogP contribution in [0.15, 0.2) is 28.8 Å². The molecule has 0 aliphatic carbocycles. The lowest BCUT2D eigenvalue weighted by Gasteiger charge is -2.30. The third-order valence-electron chi connectivity index (χ3n) is 4.94. The zero-order valence-electron chi connectivity index (χ0n) is 14.8. The minimum atomic E-state index is 0. The highest BCUT2D eigenvalue weighted by Gasteiger charge is 2.25. The molecule has 1 aliphatic rings. The van der Waals surface area contributed by atoms with Gasteiger partial charge in [-0.25, -0.2) is 0 Å². The van der Waals surface area contributed by atoms with Gasteiger partial charge in [0.05, 0.1) is 5.52 Å². The number of hydrogen-bond donors (Lipinski definition) is 0. The summed E-state index contributed by atoms with van der Waals surface area (Å²) in [5.74, 6) is 1.13. The van der Waals surface area contributed by atoms with E-state index >= 15 is 0 Å². The molecule has 4 rings (SSSR count). The largest absolute Gasteiger partial charge is 0.349 e. The van der Waals surface area contributed by atoms with Gasteiger partial charge in [-0.15, -0.1) is 12.4 Å². The van der Waals surface area contributed by atoms with Crippen molar-refractivity contribution in [3.63, 3.8) is 0 Å². The van der Waals surface area contributed by atoms with Crippen molar-refractivity contribution in [2.24, 2.45) is 0 Å².